The van der Waals surface area contributed by atoms with Gasteiger partial charge >= 0.3 is 5.63 Å². The first-order chi connectivity index (χ1) is 16.0. The molecule has 0 aliphatic heterocycles. The quantitative estimate of drug-likeness (QED) is 0.272. The number of benzene rings is 1. The summed E-state index contributed by atoms with van der Waals surface area (Å²) in [4.78, 5) is 26.5. The molecule has 10 nitrogen and oxygen atoms in total. The number of fused-ring (bicyclic) bond motifs is 2. The van der Waals surface area contributed by atoms with Crippen molar-refractivity contribution in [1.82, 2.24) is 4.90 Å². The van der Waals surface area contributed by atoms with Crippen LogP contribution in [-0.4, -0.2) is 81.0 Å². The van der Waals surface area contributed by atoms with E-state index in [-0.39, 0.29) is 19.4 Å². The third-order valence-corrected chi connectivity index (χ3v) is 6.34. The summed E-state index contributed by atoms with van der Waals surface area (Å²) in [6.45, 7) is 4.44. The van der Waals surface area contributed by atoms with Crippen LogP contribution in [0.1, 0.15) is 28.7 Å². The van der Waals surface area contributed by atoms with Crippen LogP contribution in [0.25, 0.3) is 21.9 Å². The first kappa shape index (κ1) is 25.9. The van der Waals surface area contributed by atoms with Crippen LogP contribution in [0.15, 0.2) is 26.0 Å². The van der Waals surface area contributed by atoms with E-state index in [9.17, 15) is 30.0 Å². The fourth-order valence-electron chi connectivity index (χ4n) is 4.08. The van der Waals surface area contributed by atoms with Gasteiger partial charge in [0.1, 0.15) is 35.6 Å². The molecule has 1 aromatic carbocycles. The number of likely N-dealkylation sites (N-methyl/N-ethyl adjacent to an activating group) is 1. The highest BCUT2D eigenvalue weighted by Crippen LogP contribution is 2.32. The van der Waals surface area contributed by atoms with Gasteiger partial charge in [-0.05, 0) is 44.4 Å². The number of rotatable bonds is 9. The van der Waals surface area contributed by atoms with Crippen molar-refractivity contribution in [2.75, 3.05) is 20.2 Å². The van der Waals surface area contributed by atoms with Crippen molar-refractivity contribution in [3.8, 4) is 0 Å². The summed E-state index contributed by atoms with van der Waals surface area (Å²) < 4.78 is 11.2. The zero-order valence-electron chi connectivity index (χ0n) is 19.6. The highest BCUT2D eigenvalue weighted by Gasteiger charge is 2.31. The Morgan fingerprint density at radius 3 is 2.29 bits per heavy atom. The maximum absolute atomic E-state index is 12.7. The molecule has 0 spiro atoms. The molecule has 2 heterocycles. The molecular weight excluding hydrogens is 446 g/mol. The number of carbonyl (C=O) groups is 1. The molecule has 0 unspecified atom stereocenters. The summed E-state index contributed by atoms with van der Waals surface area (Å²) in [5.74, 6) is -0.403. The van der Waals surface area contributed by atoms with E-state index in [2.05, 4.69) is 0 Å². The van der Waals surface area contributed by atoms with Crippen LogP contribution in [0, 0.1) is 20.8 Å². The van der Waals surface area contributed by atoms with E-state index >= 15 is 0 Å². The Bertz CT molecular complexity index is 1240. The van der Waals surface area contributed by atoms with Gasteiger partial charge in [-0.25, -0.2) is 4.79 Å². The zero-order valence-corrected chi connectivity index (χ0v) is 19.6. The van der Waals surface area contributed by atoms with E-state index in [1.807, 2.05) is 19.9 Å². The molecule has 10 heteroatoms. The Morgan fingerprint density at radius 2 is 1.65 bits per heavy atom. The van der Waals surface area contributed by atoms with Crippen LogP contribution in [-0.2, 0) is 11.2 Å². The molecule has 2 aromatic heterocycles. The summed E-state index contributed by atoms with van der Waals surface area (Å²) >= 11 is 0. The van der Waals surface area contributed by atoms with Crippen molar-refractivity contribution in [2.45, 2.75) is 58.0 Å². The van der Waals surface area contributed by atoms with Gasteiger partial charge in [-0.1, -0.05) is 0 Å². The van der Waals surface area contributed by atoms with E-state index in [0.717, 1.165) is 26.8 Å². The van der Waals surface area contributed by atoms with Gasteiger partial charge in [0, 0.05) is 41.9 Å². The van der Waals surface area contributed by atoms with Crippen molar-refractivity contribution < 1.29 is 39.2 Å². The Labute approximate surface area is 195 Å². The Balaban J connectivity index is 1.75. The fourth-order valence-corrected chi connectivity index (χ4v) is 4.08. The monoisotopic (exact) mass is 477 g/mol. The van der Waals surface area contributed by atoms with E-state index in [4.69, 9.17) is 13.9 Å². The molecule has 5 N–H and O–H groups in total. The summed E-state index contributed by atoms with van der Waals surface area (Å²) in [5.41, 5.74) is 3.33. The van der Waals surface area contributed by atoms with Crippen molar-refractivity contribution in [1.29, 1.82) is 0 Å². The largest absolute Gasteiger partial charge is 0.464 e. The lowest BCUT2D eigenvalue weighted by Gasteiger charge is -2.28. The number of amides is 1. The normalized spacial score (nSPS) is 15.4. The second-order valence-electron chi connectivity index (χ2n) is 8.74. The number of carbonyl (C=O) groups excluding carboxylic acids is 1. The molecule has 186 valence electrons. The average Bonchev–Trinajstić information content (AvgIpc) is 3.18. The minimum atomic E-state index is -1.78. The molecule has 3 aromatic rings. The fraction of sp³-hybridized carbons (Fsp3) is 0.500. The van der Waals surface area contributed by atoms with Crippen LogP contribution < -0.4 is 5.63 Å². The second kappa shape index (κ2) is 10.2. The summed E-state index contributed by atoms with van der Waals surface area (Å²) in [6, 6.07) is 1.91. The van der Waals surface area contributed by atoms with Crippen LogP contribution in [0.4, 0.5) is 0 Å². The molecule has 0 saturated carbocycles. The van der Waals surface area contributed by atoms with Crippen LogP contribution in [0.2, 0.25) is 0 Å². The minimum absolute atomic E-state index is 0.0514. The smallest absolute Gasteiger partial charge is 0.339 e. The predicted octanol–water partition coefficient (Wildman–Crippen LogP) is 0.291. The van der Waals surface area contributed by atoms with Gasteiger partial charge in [0.25, 0.3) is 0 Å². The van der Waals surface area contributed by atoms with Crippen molar-refractivity contribution >= 4 is 27.8 Å². The van der Waals surface area contributed by atoms with Gasteiger partial charge in [0.15, 0.2) is 0 Å². The van der Waals surface area contributed by atoms with Gasteiger partial charge in [-0.3, -0.25) is 4.79 Å². The lowest BCUT2D eigenvalue weighted by molar-refractivity contribution is -0.137. The average molecular weight is 478 g/mol. The maximum Gasteiger partial charge on any atom is 0.339 e. The predicted molar refractivity (Wildman–Crippen MR) is 124 cm³/mol. The van der Waals surface area contributed by atoms with E-state index in [0.29, 0.717) is 22.3 Å². The van der Waals surface area contributed by atoms with Crippen molar-refractivity contribution in [3.05, 3.63) is 45.0 Å². The topological polar surface area (TPSA) is 165 Å². The highest BCUT2D eigenvalue weighted by atomic mass is 16.4. The lowest BCUT2D eigenvalue weighted by atomic mass is 9.98. The number of aryl methyl sites for hydroxylation is 3. The van der Waals surface area contributed by atoms with Crippen molar-refractivity contribution in [3.63, 3.8) is 0 Å². The molecule has 4 atom stereocenters. The number of aliphatic hydroxyl groups excluding tert-OH is 5. The molecule has 0 aliphatic rings. The standard InChI is InChI=1S/C24H31NO9/c1-11-10-33-22-13(3)23-16(7-15(11)22)12(2)14(24(32)34-23)5-6-19(29)25(4)8-17(27)20(30)21(31)18(28)9-26/h7,10,17-18,20-21,26-28,30-31H,5-6,8-9H2,1-4H3/t17-,18-,20-,21-/m0/s1. The number of aliphatic hydroxyl groups is 5. The molecule has 0 saturated heterocycles. The Hall–Kier alpha value is -2.76. The summed E-state index contributed by atoms with van der Waals surface area (Å²) in [5, 5.41) is 49.7. The molecule has 0 fully saturated rings. The zero-order chi connectivity index (χ0) is 25.3. The highest BCUT2D eigenvalue weighted by molar-refractivity contribution is 5.99. The number of nitrogens with zero attached hydrogens (tertiary/aromatic N) is 1. The molecule has 0 aliphatic carbocycles. The molecule has 34 heavy (non-hydrogen) atoms. The summed E-state index contributed by atoms with van der Waals surface area (Å²) in [6.07, 6.45) is -5.02. The number of hydrogen-bond acceptors (Lipinski definition) is 9. The molecular formula is C24H31NO9. The SMILES string of the molecule is Cc1coc2c(C)c3oc(=O)c(CCC(=O)N(C)C[C@H](O)[C@H](O)[C@@H](O)[C@@H](O)CO)c(C)c3cc12. The molecule has 1 amide bonds. The number of hydrogen-bond donors (Lipinski definition) is 5. The third kappa shape index (κ3) is 4.86. The molecule has 3 rings (SSSR count). The van der Waals surface area contributed by atoms with Crippen LogP contribution in [0.5, 0.6) is 0 Å². The molecule has 0 bridgehead atoms. The maximum atomic E-state index is 12.7. The van der Waals surface area contributed by atoms with Crippen LogP contribution >= 0.6 is 0 Å². The van der Waals surface area contributed by atoms with Gasteiger partial charge in [-0.2, -0.15) is 0 Å². The number of furan rings is 1. The van der Waals surface area contributed by atoms with Gasteiger partial charge < -0.3 is 39.3 Å². The van der Waals surface area contributed by atoms with E-state index in [1.54, 1.807) is 13.2 Å². The minimum Gasteiger partial charge on any atom is -0.464 e. The van der Waals surface area contributed by atoms with E-state index in [1.165, 1.54) is 7.05 Å². The van der Waals surface area contributed by atoms with Gasteiger partial charge in [0.05, 0.1) is 12.9 Å². The summed E-state index contributed by atoms with van der Waals surface area (Å²) in [7, 11) is 1.41. The lowest BCUT2D eigenvalue weighted by Crippen LogP contribution is -2.50. The molecule has 0 radical (unpaired) electrons. The van der Waals surface area contributed by atoms with Gasteiger partial charge in [-0.15, -0.1) is 0 Å². The van der Waals surface area contributed by atoms with Gasteiger partial charge in [0.2, 0.25) is 5.91 Å². The van der Waals surface area contributed by atoms with E-state index < -0.39 is 42.6 Å². The Morgan fingerprint density at radius 1 is 1.00 bits per heavy atom. The Kier molecular flexibility index (Phi) is 7.79. The van der Waals surface area contributed by atoms with Crippen molar-refractivity contribution in [2.24, 2.45) is 0 Å². The van der Waals surface area contributed by atoms with Crippen LogP contribution in [0.3, 0.4) is 0 Å². The second-order valence-corrected chi connectivity index (χ2v) is 8.74. The third-order valence-electron chi connectivity index (χ3n) is 6.34. The first-order valence-corrected chi connectivity index (χ1v) is 11.0. The first-order valence-electron chi connectivity index (χ1n) is 11.0.